The van der Waals surface area contributed by atoms with E-state index in [1.807, 2.05) is 6.92 Å². The van der Waals surface area contributed by atoms with Gasteiger partial charge in [0.2, 0.25) is 0 Å². The van der Waals surface area contributed by atoms with Gasteiger partial charge < -0.3 is 0 Å². The highest BCUT2D eigenvalue weighted by atomic mass is 32.2. The van der Waals surface area contributed by atoms with Crippen LogP contribution in [-0.2, 0) is 0 Å². The molecule has 0 aliphatic carbocycles. The number of rotatable bonds is 5. The van der Waals surface area contributed by atoms with Crippen LogP contribution < -0.4 is 0 Å². The molecule has 2 aromatic carbocycles. The van der Waals surface area contributed by atoms with Crippen LogP contribution in [0.1, 0.15) is 26.3 Å². The molecule has 0 saturated heterocycles. The number of aryl methyl sites for hydroxylation is 1. The van der Waals surface area contributed by atoms with Crippen molar-refractivity contribution < 1.29 is 22.8 Å². The Labute approximate surface area is 152 Å². The van der Waals surface area contributed by atoms with Gasteiger partial charge in [-0.2, -0.15) is 8.78 Å². The number of thioether (sulfide) groups is 1. The summed E-state index contributed by atoms with van der Waals surface area (Å²) >= 11 is 0.0691. The fourth-order valence-corrected chi connectivity index (χ4v) is 3.25. The van der Waals surface area contributed by atoms with Gasteiger partial charge in [-0.1, -0.05) is 29.8 Å². The molecule has 0 bridgehead atoms. The van der Waals surface area contributed by atoms with Crippen molar-refractivity contribution in [1.82, 2.24) is 4.90 Å². The van der Waals surface area contributed by atoms with Crippen molar-refractivity contribution in [2.24, 2.45) is 0 Å². The van der Waals surface area contributed by atoms with Crippen molar-refractivity contribution in [3.8, 4) is 0 Å². The molecule has 26 heavy (non-hydrogen) atoms. The van der Waals surface area contributed by atoms with E-state index in [1.54, 1.807) is 24.3 Å². The second-order valence-corrected chi connectivity index (χ2v) is 6.94. The lowest BCUT2D eigenvalue weighted by Crippen LogP contribution is -2.30. The molecule has 2 aromatic rings. The van der Waals surface area contributed by atoms with Gasteiger partial charge >= 0.3 is 5.25 Å². The SMILES string of the molecule is Cc1ccc(SC(F)(F)C(F)=CCN2C(=O)c3ccccc3C2=O)cc1. The summed E-state index contributed by atoms with van der Waals surface area (Å²) in [6.07, 6.45) is 0.572. The lowest BCUT2D eigenvalue weighted by molar-refractivity contribution is 0.0667. The van der Waals surface area contributed by atoms with Crippen LogP contribution in [-0.4, -0.2) is 28.5 Å². The highest BCUT2D eigenvalue weighted by molar-refractivity contribution is 8.00. The number of alkyl halides is 2. The normalized spacial score (nSPS) is 14.8. The molecule has 0 spiro atoms. The van der Waals surface area contributed by atoms with Gasteiger partial charge in [0, 0.05) is 4.90 Å². The molecule has 2 amide bonds. The molecule has 0 radical (unpaired) electrons. The van der Waals surface area contributed by atoms with E-state index in [0.717, 1.165) is 10.5 Å². The van der Waals surface area contributed by atoms with Crippen LogP contribution in [0.3, 0.4) is 0 Å². The number of carbonyl (C=O) groups is 2. The molecule has 0 aromatic heterocycles. The monoisotopic (exact) mass is 377 g/mol. The third-order valence-electron chi connectivity index (χ3n) is 3.88. The van der Waals surface area contributed by atoms with Crippen molar-refractivity contribution in [2.75, 3.05) is 6.54 Å². The van der Waals surface area contributed by atoms with E-state index in [2.05, 4.69) is 0 Å². The molecular formula is C19H14F3NO2S. The van der Waals surface area contributed by atoms with Crippen molar-refractivity contribution in [2.45, 2.75) is 17.1 Å². The molecule has 0 saturated carbocycles. The maximum atomic E-state index is 14.1. The predicted molar refractivity (Wildman–Crippen MR) is 93.0 cm³/mol. The smallest absolute Gasteiger partial charge is 0.270 e. The number of fused-ring (bicyclic) bond motifs is 1. The summed E-state index contributed by atoms with van der Waals surface area (Å²) in [5.41, 5.74) is 1.28. The number of amides is 2. The van der Waals surface area contributed by atoms with Gasteiger partial charge in [-0.3, -0.25) is 14.5 Å². The van der Waals surface area contributed by atoms with Crippen LogP contribution in [0.2, 0.25) is 0 Å². The summed E-state index contributed by atoms with van der Waals surface area (Å²) in [4.78, 5) is 25.3. The molecule has 134 valence electrons. The zero-order valence-corrected chi connectivity index (χ0v) is 14.5. The van der Waals surface area contributed by atoms with E-state index in [1.165, 1.54) is 24.3 Å². The Balaban J connectivity index is 1.73. The first-order chi connectivity index (χ1) is 12.3. The van der Waals surface area contributed by atoms with Crippen molar-refractivity contribution in [3.63, 3.8) is 0 Å². The summed E-state index contributed by atoms with van der Waals surface area (Å²) in [6, 6.07) is 12.4. The van der Waals surface area contributed by atoms with Gasteiger partial charge in [0.15, 0.2) is 5.83 Å². The zero-order chi connectivity index (χ0) is 18.9. The molecule has 1 heterocycles. The average Bonchev–Trinajstić information content (AvgIpc) is 2.86. The molecule has 0 fully saturated rings. The van der Waals surface area contributed by atoms with Gasteiger partial charge in [0.25, 0.3) is 11.8 Å². The maximum absolute atomic E-state index is 14.1. The fraction of sp³-hybridized carbons (Fsp3) is 0.158. The lowest BCUT2D eigenvalue weighted by Gasteiger charge is -2.15. The minimum Gasteiger partial charge on any atom is -0.270 e. The van der Waals surface area contributed by atoms with E-state index >= 15 is 0 Å². The molecule has 3 rings (SSSR count). The third kappa shape index (κ3) is 3.53. The van der Waals surface area contributed by atoms with Gasteiger partial charge in [0.1, 0.15) is 0 Å². The van der Waals surface area contributed by atoms with Gasteiger partial charge in [0.05, 0.1) is 17.7 Å². The first-order valence-electron chi connectivity index (χ1n) is 7.74. The number of nitrogens with zero attached hydrogens (tertiary/aromatic N) is 1. The number of carbonyl (C=O) groups excluding carboxylic acids is 2. The Kier molecular flexibility index (Phi) is 4.91. The Hall–Kier alpha value is -2.54. The standard InChI is InChI=1S/C19H14F3NO2S/c1-12-6-8-13(9-7-12)26-19(21,22)16(20)10-11-23-17(24)14-4-2-3-5-15(14)18(23)25/h2-10H,11H2,1H3. The molecule has 3 nitrogen and oxygen atoms in total. The second kappa shape index (κ2) is 6.99. The van der Waals surface area contributed by atoms with E-state index in [-0.39, 0.29) is 27.8 Å². The van der Waals surface area contributed by atoms with Crippen LogP contribution in [0.15, 0.2) is 65.3 Å². The molecular weight excluding hydrogens is 363 g/mol. The van der Waals surface area contributed by atoms with E-state index < -0.39 is 29.4 Å². The number of imide groups is 1. The highest BCUT2D eigenvalue weighted by Gasteiger charge is 2.38. The zero-order valence-electron chi connectivity index (χ0n) is 13.7. The number of halogens is 3. The van der Waals surface area contributed by atoms with Crippen molar-refractivity contribution >= 4 is 23.6 Å². The second-order valence-electron chi connectivity index (χ2n) is 5.75. The third-order valence-corrected chi connectivity index (χ3v) is 4.84. The van der Waals surface area contributed by atoms with Crippen LogP contribution in [0.5, 0.6) is 0 Å². The average molecular weight is 377 g/mol. The summed E-state index contributed by atoms with van der Waals surface area (Å²) < 4.78 is 42.2. The lowest BCUT2D eigenvalue weighted by atomic mass is 10.1. The maximum Gasteiger partial charge on any atom is 0.348 e. The molecule has 0 atom stereocenters. The van der Waals surface area contributed by atoms with E-state index in [0.29, 0.717) is 6.08 Å². The topological polar surface area (TPSA) is 37.4 Å². The minimum absolute atomic E-state index is 0.0691. The van der Waals surface area contributed by atoms with Crippen LogP contribution >= 0.6 is 11.8 Å². The first kappa shape index (κ1) is 18.3. The van der Waals surface area contributed by atoms with Gasteiger partial charge in [-0.25, -0.2) is 4.39 Å². The predicted octanol–water partition coefficient (Wildman–Crippen LogP) is 4.83. The quantitative estimate of drug-likeness (QED) is 0.553. The Morgan fingerprint density at radius 2 is 1.58 bits per heavy atom. The molecule has 1 aliphatic heterocycles. The summed E-state index contributed by atoms with van der Waals surface area (Å²) in [7, 11) is 0. The summed E-state index contributed by atoms with van der Waals surface area (Å²) in [5.74, 6) is -2.94. The van der Waals surface area contributed by atoms with Gasteiger partial charge in [-0.15, -0.1) is 0 Å². The Morgan fingerprint density at radius 1 is 1.04 bits per heavy atom. The van der Waals surface area contributed by atoms with Crippen LogP contribution in [0.25, 0.3) is 0 Å². The largest absolute Gasteiger partial charge is 0.348 e. The van der Waals surface area contributed by atoms with Crippen LogP contribution in [0.4, 0.5) is 13.2 Å². The minimum atomic E-state index is -3.80. The summed E-state index contributed by atoms with van der Waals surface area (Å²) in [5, 5.41) is -3.80. The number of hydrogen-bond acceptors (Lipinski definition) is 3. The van der Waals surface area contributed by atoms with Gasteiger partial charge in [-0.05, 0) is 49.0 Å². The van der Waals surface area contributed by atoms with E-state index in [9.17, 15) is 22.8 Å². The molecule has 0 N–H and O–H groups in total. The van der Waals surface area contributed by atoms with Crippen LogP contribution in [0, 0.1) is 6.92 Å². The molecule has 1 aliphatic rings. The molecule has 0 unspecified atom stereocenters. The summed E-state index contributed by atoms with van der Waals surface area (Å²) in [6.45, 7) is 1.26. The Bertz CT molecular complexity index is 859. The highest BCUT2D eigenvalue weighted by Crippen LogP contribution is 2.42. The Morgan fingerprint density at radius 3 is 2.12 bits per heavy atom. The first-order valence-corrected chi connectivity index (χ1v) is 8.56. The number of benzene rings is 2. The fourth-order valence-electron chi connectivity index (χ4n) is 2.50. The van der Waals surface area contributed by atoms with Crippen molar-refractivity contribution in [3.05, 3.63) is 77.1 Å². The molecule has 7 heteroatoms. The number of hydrogen-bond donors (Lipinski definition) is 0. The van der Waals surface area contributed by atoms with E-state index in [4.69, 9.17) is 0 Å². The van der Waals surface area contributed by atoms with Crippen molar-refractivity contribution in [1.29, 1.82) is 0 Å².